The van der Waals surface area contributed by atoms with Crippen LogP contribution in [0.5, 0.6) is 5.75 Å². The number of ether oxygens (including phenoxy) is 1. The molecule has 4 rings (SSSR count). The molecule has 1 heterocycles. The molecule has 3 aromatic carbocycles. The molecule has 0 radical (unpaired) electrons. The van der Waals surface area contributed by atoms with Gasteiger partial charge in [0, 0.05) is 10.0 Å². The molecule has 0 bridgehead atoms. The molecular formula is C23H17BrN2O4S. The lowest BCUT2D eigenvalue weighted by molar-refractivity contribution is -0.123. The normalized spacial score (nSPS) is 15.1. The van der Waals surface area contributed by atoms with E-state index in [1.54, 1.807) is 24.3 Å². The number of benzene rings is 3. The topological polar surface area (TPSA) is 89.7 Å². The van der Waals surface area contributed by atoms with Gasteiger partial charge in [-0.05, 0) is 58.4 Å². The summed E-state index contributed by atoms with van der Waals surface area (Å²) in [6.45, 7) is -0.0950. The van der Waals surface area contributed by atoms with Crippen molar-refractivity contribution in [3.63, 3.8) is 0 Å². The van der Waals surface area contributed by atoms with Gasteiger partial charge < -0.3 is 10.5 Å². The molecule has 6 nitrogen and oxygen atoms in total. The first-order chi connectivity index (χ1) is 14.9. The van der Waals surface area contributed by atoms with Crippen LogP contribution in [-0.2, 0) is 16.1 Å². The molecule has 3 amide bonds. The minimum atomic E-state index is -0.607. The van der Waals surface area contributed by atoms with E-state index in [1.807, 2.05) is 42.5 Å². The number of hydrogen-bond acceptors (Lipinski definition) is 5. The molecule has 1 saturated heterocycles. The maximum absolute atomic E-state index is 12.9. The van der Waals surface area contributed by atoms with Crippen LogP contribution in [0.3, 0.4) is 0 Å². The third-order valence-corrected chi connectivity index (χ3v) is 6.06. The number of imide groups is 1. The van der Waals surface area contributed by atoms with Crippen molar-refractivity contribution in [2.75, 3.05) is 6.61 Å². The fourth-order valence-corrected chi connectivity index (χ4v) is 4.42. The molecule has 0 aliphatic carbocycles. The SMILES string of the molecule is NC(=O)COc1ccc(Br)cc1/C=C1\SC(=O)N(Cc2ccc3ccccc3c2)C1=O. The minimum absolute atomic E-state index is 0.191. The number of nitrogens with zero attached hydrogens (tertiary/aromatic N) is 1. The zero-order chi connectivity index (χ0) is 22.0. The van der Waals surface area contributed by atoms with Crippen molar-refractivity contribution in [1.29, 1.82) is 0 Å². The number of nitrogens with two attached hydrogens (primary N) is 1. The molecular weight excluding hydrogens is 480 g/mol. The molecule has 2 N–H and O–H groups in total. The molecule has 0 unspecified atom stereocenters. The number of rotatable bonds is 6. The maximum Gasteiger partial charge on any atom is 0.293 e. The average Bonchev–Trinajstić information content (AvgIpc) is 3.00. The Morgan fingerprint density at radius 2 is 1.84 bits per heavy atom. The summed E-state index contributed by atoms with van der Waals surface area (Å²) < 4.78 is 6.19. The van der Waals surface area contributed by atoms with Crippen LogP contribution < -0.4 is 10.5 Å². The fourth-order valence-electron chi connectivity index (χ4n) is 3.21. The van der Waals surface area contributed by atoms with Gasteiger partial charge in [0.25, 0.3) is 17.1 Å². The minimum Gasteiger partial charge on any atom is -0.483 e. The number of carbonyl (C=O) groups is 3. The van der Waals surface area contributed by atoms with E-state index in [2.05, 4.69) is 15.9 Å². The highest BCUT2D eigenvalue weighted by molar-refractivity contribution is 9.10. The highest BCUT2D eigenvalue weighted by atomic mass is 79.9. The van der Waals surface area contributed by atoms with Crippen LogP contribution in [0.4, 0.5) is 4.79 Å². The largest absolute Gasteiger partial charge is 0.483 e. The second-order valence-electron chi connectivity index (χ2n) is 6.89. The van der Waals surface area contributed by atoms with Gasteiger partial charge in [0.15, 0.2) is 6.61 Å². The Hall–Kier alpha value is -3.10. The summed E-state index contributed by atoms with van der Waals surface area (Å²) in [7, 11) is 0. The van der Waals surface area contributed by atoms with Crippen molar-refractivity contribution in [2.24, 2.45) is 5.73 Å². The average molecular weight is 497 g/mol. The zero-order valence-electron chi connectivity index (χ0n) is 16.2. The van der Waals surface area contributed by atoms with Gasteiger partial charge in [0.2, 0.25) is 0 Å². The predicted octanol–water partition coefficient (Wildman–Crippen LogP) is 4.70. The smallest absolute Gasteiger partial charge is 0.293 e. The quantitative estimate of drug-likeness (QED) is 0.499. The lowest BCUT2D eigenvalue weighted by atomic mass is 10.1. The molecule has 0 atom stereocenters. The van der Waals surface area contributed by atoms with Crippen molar-refractivity contribution >= 4 is 61.6 Å². The Morgan fingerprint density at radius 1 is 1.06 bits per heavy atom. The standard InChI is InChI=1S/C23H17BrN2O4S/c24-18-7-8-19(30-13-21(25)27)17(10-18)11-20-22(28)26(23(29)31-20)12-14-5-6-15-3-1-2-4-16(15)9-14/h1-11H,12-13H2,(H2,25,27)/b20-11-. The van der Waals surface area contributed by atoms with Gasteiger partial charge in [0.05, 0.1) is 11.4 Å². The van der Waals surface area contributed by atoms with Crippen molar-refractivity contribution in [3.8, 4) is 5.75 Å². The van der Waals surface area contributed by atoms with E-state index in [9.17, 15) is 14.4 Å². The molecule has 0 spiro atoms. The van der Waals surface area contributed by atoms with Crippen molar-refractivity contribution in [1.82, 2.24) is 4.90 Å². The van der Waals surface area contributed by atoms with Gasteiger partial charge in [-0.2, -0.15) is 0 Å². The Bertz CT molecular complexity index is 1240. The Kier molecular flexibility index (Phi) is 6.11. The maximum atomic E-state index is 12.9. The van der Waals surface area contributed by atoms with Crippen LogP contribution in [0, 0.1) is 0 Å². The molecule has 3 aromatic rings. The fraction of sp³-hybridized carbons (Fsp3) is 0.0870. The summed E-state index contributed by atoms with van der Waals surface area (Å²) in [4.78, 5) is 38.0. The number of thioether (sulfide) groups is 1. The summed E-state index contributed by atoms with van der Waals surface area (Å²) in [6.07, 6.45) is 1.59. The summed E-state index contributed by atoms with van der Waals surface area (Å²) in [6, 6.07) is 18.9. The molecule has 0 saturated carbocycles. The summed E-state index contributed by atoms with van der Waals surface area (Å²) in [5.41, 5.74) is 6.58. The lowest BCUT2D eigenvalue weighted by Gasteiger charge is -2.13. The summed E-state index contributed by atoms with van der Waals surface area (Å²) >= 11 is 4.26. The predicted molar refractivity (Wildman–Crippen MR) is 124 cm³/mol. The number of carbonyl (C=O) groups excluding carboxylic acids is 3. The second kappa shape index (κ2) is 8.95. The second-order valence-corrected chi connectivity index (χ2v) is 8.80. The van der Waals surface area contributed by atoms with Gasteiger partial charge in [-0.1, -0.05) is 52.3 Å². The van der Waals surface area contributed by atoms with Crippen LogP contribution in [-0.4, -0.2) is 28.6 Å². The van der Waals surface area contributed by atoms with Crippen LogP contribution in [0.2, 0.25) is 0 Å². The van der Waals surface area contributed by atoms with Crippen LogP contribution in [0.25, 0.3) is 16.8 Å². The van der Waals surface area contributed by atoms with E-state index in [0.29, 0.717) is 11.3 Å². The highest BCUT2D eigenvalue weighted by Gasteiger charge is 2.35. The molecule has 31 heavy (non-hydrogen) atoms. The van der Waals surface area contributed by atoms with E-state index >= 15 is 0 Å². The lowest BCUT2D eigenvalue weighted by Crippen LogP contribution is -2.27. The first kappa shape index (κ1) is 21.1. The van der Waals surface area contributed by atoms with Gasteiger partial charge in [-0.15, -0.1) is 0 Å². The number of amides is 3. The molecule has 0 aromatic heterocycles. The van der Waals surface area contributed by atoms with Gasteiger partial charge in [-0.3, -0.25) is 19.3 Å². The van der Waals surface area contributed by atoms with Gasteiger partial charge in [-0.25, -0.2) is 0 Å². The zero-order valence-corrected chi connectivity index (χ0v) is 18.6. The monoisotopic (exact) mass is 496 g/mol. The number of halogens is 1. The van der Waals surface area contributed by atoms with Crippen LogP contribution in [0.15, 0.2) is 70.0 Å². The number of fused-ring (bicyclic) bond motifs is 1. The number of hydrogen-bond donors (Lipinski definition) is 1. The van der Waals surface area contributed by atoms with Crippen LogP contribution in [0.1, 0.15) is 11.1 Å². The van der Waals surface area contributed by atoms with E-state index in [1.165, 1.54) is 4.90 Å². The van der Waals surface area contributed by atoms with Crippen molar-refractivity contribution < 1.29 is 19.1 Å². The molecule has 1 fully saturated rings. The summed E-state index contributed by atoms with van der Waals surface area (Å²) in [5.74, 6) is -0.586. The first-order valence-electron chi connectivity index (χ1n) is 9.34. The van der Waals surface area contributed by atoms with E-state index < -0.39 is 5.91 Å². The third kappa shape index (κ3) is 4.81. The Labute approximate surface area is 191 Å². The van der Waals surface area contributed by atoms with Crippen molar-refractivity contribution in [3.05, 3.63) is 81.2 Å². The number of primary amides is 1. The summed E-state index contributed by atoms with van der Waals surface area (Å²) in [5, 5.41) is 1.81. The highest BCUT2D eigenvalue weighted by Crippen LogP contribution is 2.36. The van der Waals surface area contributed by atoms with E-state index in [4.69, 9.17) is 10.5 Å². The molecule has 1 aliphatic rings. The molecule has 1 aliphatic heterocycles. The van der Waals surface area contributed by atoms with E-state index in [0.717, 1.165) is 32.6 Å². The van der Waals surface area contributed by atoms with Crippen molar-refractivity contribution in [2.45, 2.75) is 6.54 Å². The Morgan fingerprint density at radius 3 is 2.61 bits per heavy atom. The van der Waals surface area contributed by atoms with Gasteiger partial charge in [0.1, 0.15) is 5.75 Å². The van der Waals surface area contributed by atoms with E-state index in [-0.39, 0.29) is 29.2 Å². The first-order valence-corrected chi connectivity index (χ1v) is 11.0. The third-order valence-electron chi connectivity index (χ3n) is 4.66. The Balaban J connectivity index is 1.58. The van der Waals surface area contributed by atoms with Crippen LogP contribution >= 0.6 is 27.7 Å². The molecule has 8 heteroatoms. The molecule has 156 valence electrons. The van der Waals surface area contributed by atoms with Gasteiger partial charge >= 0.3 is 0 Å².